The van der Waals surface area contributed by atoms with Crippen LogP contribution in [0.25, 0.3) is 0 Å². The average Bonchev–Trinajstić information content (AvgIpc) is 2.57. The summed E-state index contributed by atoms with van der Waals surface area (Å²) in [6.45, 7) is 0. The minimum Gasteiger partial charge on any atom is -0.369 e. The van der Waals surface area contributed by atoms with E-state index in [0.29, 0.717) is 5.02 Å². The van der Waals surface area contributed by atoms with Gasteiger partial charge >= 0.3 is 0 Å². The van der Waals surface area contributed by atoms with Crippen LogP contribution in [-0.4, -0.2) is 23.8 Å². The first-order chi connectivity index (χ1) is 8.00. The number of benzene rings is 1. The molecule has 2 rings (SSSR count). The molecule has 1 aliphatic rings. The van der Waals surface area contributed by atoms with Gasteiger partial charge in [-0.05, 0) is 17.7 Å². The van der Waals surface area contributed by atoms with Crippen LogP contribution in [0.2, 0.25) is 5.02 Å². The molecule has 5 heteroatoms. The van der Waals surface area contributed by atoms with Crippen molar-refractivity contribution < 1.29 is 9.59 Å². The number of amides is 2. The van der Waals surface area contributed by atoms with Crippen molar-refractivity contribution >= 4 is 23.4 Å². The SMILES string of the molecule is CN1C(=O)CC(C(N)=O)C1c1ccc(Cl)cc1. The molecular weight excluding hydrogens is 240 g/mol. The van der Waals surface area contributed by atoms with Crippen molar-refractivity contribution in [2.24, 2.45) is 11.7 Å². The smallest absolute Gasteiger partial charge is 0.223 e. The van der Waals surface area contributed by atoms with Gasteiger partial charge in [0.05, 0.1) is 12.0 Å². The molecule has 4 nitrogen and oxygen atoms in total. The van der Waals surface area contributed by atoms with Crippen LogP contribution in [0.3, 0.4) is 0 Å². The molecule has 2 amide bonds. The number of carbonyl (C=O) groups excluding carboxylic acids is 2. The molecule has 0 spiro atoms. The van der Waals surface area contributed by atoms with Gasteiger partial charge in [-0.15, -0.1) is 0 Å². The van der Waals surface area contributed by atoms with Crippen molar-refractivity contribution in [3.63, 3.8) is 0 Å². The molecule has 1 heterocycles. The third-order valence-electron chi connectivity index (χ3n) is 3.16. The first kappa shape index (κ1) is 11.9. The second-order valence-electron chi connectivity index (χ2n) is 4.21. The lowest BCUT2D eigenvalue weighted by Crippen LogP contribution is -2.30. The average molecular weight is 253 g/mol. The third-order valence-corrected chi connectivity index (χ3v) is 3.42. The first-order valence-electron chi connectivity index (χ1n) is 5.31. The predicted molar refractivity (Wildman–Crippen MR) is 64.3 cm³/mol. The summed E-state index contributed by atoms with van der Waals surface area (Å²) >= 11 is 5.81. The van der Waals surface area contributed by atoms with Gasteiger partial charge in [0.15, 0.2) is 0 Å². The molecule has 1 aromatic rings. The second kappa shape index (κ2) is 4.37. The Morgan fingerprint density at radius 1 is 1.41 bits per heavy atom. The van der Waals surface area contributed by atoms with E-state index in [-0.39, 0.29) is 18.4 Å². The maximum Gasteiger partial charge on any atom is 0.223 e. The van der Waals surface area contributed by atoms with Gasteiger partial charge in [0.2, 0.25) is 11.8 Å². The van der Waals surface area contributed by atoms with Gasteiger partial charge in [0, 0.05) is 18.5 Å². The minimum atomic E-state index is -0.464. The molecule has 2 N–H and O–H groups in total. The van der Waals surface area contributed by atoms with Crippen molar-refractivity contribution in [3.8, 4) is 0 Å². The quantitative estimate of drug-likeness (QED) is 0.864. The molecular formula is C12H13ClN2O2. The fraction of sp³-hybridized carbons (Fsp3) is 0.333. The summed E-state index contributed by atoms with van der Waals surface area (Å²) in [5.74, 6) is -0.968. The van der Waals surface area contributed by atoms with Gasteiger partial charge in [-0.25, -0.2) is 0 Å². The summed E-state index contributed by atoms with van der Waals surface area (Å²) in [4.78, 5) is 24.6. The van der Waals surface area contributed by atoms with Crippen molar-refractivity contribution in [3.05, 3.63) is 34.9 Å². The number of halogens is 1. The predicted octanol–water partition coefficient (Wildman–Crippen LogP) is 1.34. The maximum atomic E-state index is 11.6. The molecule has 1 fully saturated rings. The lowest BCUT2D eigenvalue weighted by Gasteiger charge is -2.23. The lowest BCUT2D eigenvalue weighted by atomic mass is 9.93. The molecule has 90 valence electrons. The Balaban J connectivity index is 2.37. The molecule has 1 saturated heterocycles. The number of nitrogens with zero attached hydrogens (tertiary/aromatic N) is 1. The third kappa shape index (κ3) is 2.13. The fourth-order valence-electron chi connectivity index (χ4n) is 2.24. The Hall–Kier alpha value is -1.55. The zero-order valence-electron chi connectivity index (χ0n) is 9.39. The number of hydrogen-bond acceptors (Lipinski definition) is 2. The number of hydrogen-bond donors (Lipinski definition) is 1. The molecule has 17 heavy (non-hydrogen) atoms. The highest BCUT2D eigenvalue weighted by Gasteiger charge is 2.41. The normalized spacial score (nSPS) is 24.1. The summed E-state index contributed by atoms with van der Waals surface area (Å²) in [5, 5.41) is 0.622. The van der Waals surface area contributed by atoms with E-state index in [1.807, 2.05) is 12.1 Å². The number of likely N-dealkylation sites (tertiary alicyclic amines) is 1. The van der Waals surface area contributed by atoms with E-state index in [1.165, 1.54) is 0 Å². The largest absolute Gasteiger partial charge is 0.369 e. The zero-order chi connectivity index (χ0) is 12.6. The lowest BCUT2D eigenvalue weighted by molar-refractivity contribution is -0.128. The van der Waals surface area contributed by atoms with Crippen LogP contribution in [0.5, 0.6) is 0 Å². The molecule has 2 unspecified atom stereocenters. The van der Waals surface area contributed by atoms with Crippen molar-refractivity contribution in [2.75, 3.05) is 7.05 Å². The molecule has 0 aliphatic carbocycles. The molecule has 1 aromatic carbocycles. The topological polar surface area (TPSA) is 63.4 Å². The van der Waals surface area contributed by atoms with Gasteiger partial charge in [0.25, 0.3) is 0 Å². The van der Waals surface area contributed by atoms with Crippen LogP contribution in [0.15, 0.2) is 24.3 Å². The van der Waals surface area contributed by atoms with Crippen LogP contribution in [0.1, 0.15) is 18.0 Å². The molecule has 0 radical (unpaired) electrons. The van der Waals surface area contributed by atoms with Crippen molar-refractivity contribution in [1.82, 2.24) is 4.90 Å². The van der Waals surface area contributed by atoms with Gasteiger partial charge in [-0.1, -0.05) is 23.7 Å². The Morgan fingerprint density at radius 2 is 2.00 bits per heavy atom. The van der Waals surface area contributed by atoms with Gasteiger partial charge < -0.3 is 10.6 Å². The van der Waals surface area contributed by atoms with Gasteiger partial charge in [-0.3, -0.25) is 9.59 Å². The van der Waals surface area contributed by atoms with Gasteiger partial charge in [0.1, 0.15) is 0 Å². The fourth-order valence-corrected chi connectivity index (χ4v) is 2.37. The van der Waals surface area contributed by atoms with E-state index < -0.39 is 11.8 Å². The van der Waals surface area contributed by atoms with Crippen LogP contribution in [0, 0.1) is 5.92 Å². The summed E-state index contributed by atoms with van der Waals surface area (Å²) < 4.78 is 0. The maximum absolute atomic E-state index is 11.6. The molecule has 0 bridgehead atoms. The number of nitrogens with two attached hydrogens (primary N) is 1. The van der Waals surface area contributed by atoms with E-state index in [4.69, 9.17) is 17.3 Å². The molecule has 0 aromatic heterocycles. The Morgan fingerprint density at radius 3 is 2.53 bits per heavy atom. The highest BCUT2D eigenvalue weighted by Crippen LogP contribution is 2.36. The molecule has 1 aliphatic heterocycles. The Labute approximate surface area is 104 Å². The minimum absolute atomic E-state index is 0.0613. The summed E-state index contributed by atoms with van der Waals surface area (Å²) in [6, 6.07) is 6.84. The van der Waals surface area contributed by atoms with E-state index in [0.717, 1.165) is 5.56 Å². The van der Waals surface area contributed by atoms with Crippen LogP contribution in [0.4, 0.5) is 0 Å². The first-order valence-corrected chi connectivity index (χ1v) is 5.69. The van der Waals surface area contributed by atoms with Crippen LogP contribution in [-0.2, 0) is 9.59 Å². The summed E-state index contributed by atoms with van der Waals surface area (Å²) in [5.41, 5.74) is 6.22. The van der Waals surface area contributed by atoms with E-state index in [1.54, 1.807) is 24.1 Å². The Bertz CT molecular complexity index is 458. The van der Waals surface area contributed by atoms with Crippen LogP contribution >= 0.6 is 11.6 Å². The molecule has 2 atom stereocenters. The summed E-state index contributed by atoms with van der Waals surface area (Å²) in [6.07, 6.45) is 0.180. The van der Waals surface area contributed by atoms with E-state index in [2.05, 4.69) is 0 Å². The highest BCUT2D eigenvalue weighted by molar-refractivity contribution is 6.30. The summed E-state index contributed by atoms with van der Waals surface area (Å²) in [7, 11) is 1.69. The monoisotopic (exact) mass is 252 g/mol. The zero-order valence-corrected chi connectivity index (χ0v) is 10.1. The van der Waals surface area contributed by atoms with Crippen molar-refractivity contribution in [1.29, 1.82) is 0 Å². The van der Waals surface area contributed by atoms with Crippen molar-refractivity contribution in [2.45, 2.75) is 12.5 Å². The number of rotatable bonds is 2. The number of carbonyl (C=O) groups is 2. The van der Waals surface area contributed by atoms with E-state index >= 15 is 0 Å². The van der Waals surface area contributed by atoms with Gasteiger partial charge in [-0.2, -0.15) is 0 Å². The number of primary amides is 1. The highest BCUT2D eigenvalue weighted by atomic mass is 35.5. The van der Waals surface area contributed by atoms with E-state index in [9.17, 15) is 9.59 Å². The Kier molecular flexibility index (Phi) is 3.07. The standard InChI is InChI=1S/C12H13ClN2O2/c1-15-10(16)6-9(12(14)17)11(15)7-2-4-8(13)5-3-7/h2-5,9,11H,6H2,1H3,(H2,14,17). The van der Waals surface area contributed by atoms with Crippen LogP contribution < -0.4 is 5.73 Å². The second-order valence-corrected chi connectivity index (χ2v) is 4.65. The molecule has 0 saturated carbocycles.